The van der Waals surface area contributed by atoms with Crippen LogP contribution in [0.1, 0.15) is 36.8 Å². The third kappa shape index (κ3) is 2.78. The maximum atomic E-state index is 11.3. The first-order valence-electron chi connectivity index (χ1n) is 7.42. The Hall–Kier alpha value is -1.75. The van der Waals surface area contributed by atoms with E-state index >= 15 is 0 Å². The molecule has 1 saturated carbocycles. The summed E-state index contributed by atoms with van der Waals surface area (Å²) in [5.41, 5.74) is 11.1. The molecule has 23 heavy (non-hydrogen) atoms. The minimum Gasteiger partial charge on any atom is -0.394 e. The molecular weight excluding hydrogens is 306 g/mol. The summed E-state index contributed by atoms with van der Waals surface area (Å²) in [7, 11) is 0. The first kappa shape index (κ1) is 16.1. The molecule has 0 bridgehead atoms. The highest BCUT2D eigenvalue weighted by molar-refractivity contribution is 5.94. The predicted octanol–water partition coefficient (Wildman–Crippen LogP) is -1.20. The van der Waals surface area contributed by atoms with Crippen molar-refractivity contribution in [3.63, 3.8) is 0 Å². The van der Waals surface area contributed by atoms with Gasteiger partial charge < -0.3 is 30.8 Å². The van der Waals surface area contributed by atoms with E-state index < -0.39 is 11.7 Å². The first-order valence-corrected chi connectivity index (χ1v) is 7.42. The Morgan fingerprint density at radius 2 is 2.17 bits per heavy atom. The van der Waals surface area contributed by atoms with Gasteiger partial charge in [0.2, 0.25) is 0 Å². The molecule has 2 heterocycles. The number of anilines is 1. The van der Waals surface area contributed by atoms with Gasteiger partial charge >= 0.3 is 0 Å². The van der Waals surface area contributed by atoms with Gasteiger partial charge in [0, 0.05) is 6.42 Å². The Balaban J connectivity index is 1.88. The standard InChI is InChI=1S/C13H21N5O5/c1-13(2)22-9-6(5-7(10(9)23-13)21-4-3-19)18-11(14)8(12(15)20)16-17-18/h6-7,9-10,19H,3-5,14H2,1-2H3,(H2,15,20)/t6-,7+,9+,10-/m1/s1. The van der Waals surface area contributed by atoms with Gasteiger partial charge in [0.25, 0.3) is 5.91 Å². The van der Waals surface area contributed by atoms with Gasteiger partial charge in [0.15, 0.2) is 17.3 Å². The number of rotatable bonds is 5. The first-order chi connectivity index (χ1) is 10.8. The van der Waals surface area contributed by atoms with Crippen molar-refractivity contribution in [2.24, 2.45) is 5.73 Å². The highest BCUT2D eigenvalue weighted by Gasteiger charge is 2.56. The number of hydrogen-bond donors (Lipinski definition) is 3. The van der Waals surface area contributed by atoms with Crippen molar-refractivity contribution in [2.45, 2.75) is 50.4 Å². The molecule has 1 aromatic rings. The quantitative estimate of drug-likeness (QED) is 0.611. The van der Waals surface area contributed by atoms with Crippen LogP contribution in [0.4, 0.5) is 5.82 Å². The van der Waals surface area contributed by atoms with E-state index in [2.05, 4.69) is 10.3 Å². The monoisotopic (exact) mass is 327 g/mol. The number of carbonyl (C=O) groups is 1. The average Bonchev–Trinajstić information content (AvgIpc) is 3.08. The number of aromatic nitrogens is 3. The smallest absolute Gasteiger partial charge is 0.273 e. The van der Waals surface area contributed by atoms with Crippen LogP contribution < -0.4 is 11.5 Å². The van der Waals surface area contributed by atoms with Crippen molar-refractivity contribution in [3.8, 4) is 0 Å². The number of ether oxygens (including phenoxy) is 3. The van der Waals surface area contributed by atoms with Crippen molar-refractivity contribution in [2.75, 3.05) is 18.9 Å². The highest BCUT2D eigenvalue weighted by atomic mass is 16.8. The van der Waals surface area contributed by atoms with E-state index in [-0.39, 0.29) is 49.1 Å². The molecule has 0 radical (unpaired) electrons. The predicted molar refractivity (Wildman–Crippen MR) is 77.3 cm³/mol. The van der Waals surface area contributed by atoms with Crippen LogP contribution in [0.3, 0.4) is 0 Å². The van der Waals surface area contributed by atoms with Gasteiger partial charge in [-0.05, 0) is 13.8 Å². The number of nitrogens with two attached hydrogens (primary N) is 2. The molecule has 10 nitrogen and oxygen atoms in total. The van der Waals surface area contributed by atoms with Crippen LogP contribution in [0.25, 0.3) is 0 Å². The molecule has 5 N–H and O–H groups in total. The Morgan fingerprint density at radius 3 is 2.78 bits per heavy atom. The Labute approximate surface area is 132 Å². The number of hydrogen-bond acceptors (Lipinski definition) is 8. The van der Waals surface area contributed by atoms with E-state index in [1.165, 1.54) is 4.68 Å². The summed E-state index contributed by atoms with van der Waals surface area (Å²) in [6.45, 7) is 3.74. The minimum atomic E-state index is -0.767. The molecule has 1 aliphatic carbocycles. The highest BCUT2D eigenvalue weighted by Crippen LogP contribution is 2.45. The number of aliphatic hydroxyl groups is 1. The second-order valence-corrected chi connectivity index (χ2v) is 6.13. The number of carbonyl (C=O) groups excluding carboxylic acids is 1. The van der Waals surface area contributed by atoms with Gasteiger partial charge in [-0.2, -0.15) is 0 Å². The SMILES string of the molecule is CC1(C)O[C@@H]2[C@H](O1)[C@@H](OCCO)C[C@H]2n1nnc(C(N)=O)c1N. The number of fused-ring (bicyclic) bond motifs is 1. The Kier molecular flexibility index (Phi) is 4.00. The van der Waals surface area contributed by atoms with Gasteiger partial charge in [0.05, 0.1) is 25.4 Å². The lowest BCUT2D eigenvalue weighted by atomic mass is 10.2. The van der Waals surface area contributed by atoms with Gasteiger partial charge in [0.1, 0.15) is 12.2 Å². The molecule has 3 rings (SSSR count). The van der Waals surface area contributed by atoms with Gasteiger partial charge in [-0.15, -0.1) is 5.10 Å². The molecular formula is C13H21N5O5. The number of aliphatic hydroxyl groups excluding tert-OH is 1. The zero-order valence-corrected chi connectivity index (χ0v) is 13.0. The summed E-state index contributed by atoms with van der Waals surface area (Å²) in [5, 5.41) is 16.6. The van der Waals surface area contributed by atoms with E-state index in [9.17, 15) is 4.79 Å². The second kappa shape index (κ2) is 5.71. The fraction of sp³-hybridized carbons (Fsp3) is 0.769. The fourth-order valence-electron chi connectivity index (χ4n) is 3.24. The lowest BCUT2D eigenvalue weighted by Gasteiger charge is -2.23. The molecule has 0 spiro atoms. The fourth-order valence-corrected chi connectivity index (χ4v) is 3.24. The summed E-state index contributed by atoms with van der Waals surface area (Å²) in [5.74, 6) is -1.41. The topological polar surface area (TPSA) is 148 Å². The molecule has 4 atom stereocenters. The van der Waals surface area contributed by atoms with E-state index in [0.717, 1.165) is 0 Å². The van der Waals surface area contributed by atoms with Crippen LogP contribution >= 0.6 is 0 Å². The lowest BCUT2D eigenvalue weighted by Crippen LogP contribution is -2.31. The summed E-state index contributed by atoms with van der Waals surface area (Å²) >= 11 is 0. The zero-order valence-electron chi connectivity index (χ0n) is 13.0. The molecule has 0 unspecified atom stereocenters. The van der Waals surface area contributed by atoms with Crippen LogP contribution in [0.15, 0.2) is 0 Å². The molecule has 1 amide bonds. The van der Waals surface area contributed by atoms with Crippen LogP contribution in [-0.4, -0.2) is 63.3 Å². The van der Waals surface area contributed by atoms with Crippen LogP contribution in [-0.2, 0) is 14.2 Å². The molecule has 1 saturated heterocycles. The van der Waals surface area contributed by atoms with Gasteiger partial charge in [-0.3, -0.25) is 4.79 Å². The maximum absolute atomic E-state index is 11.3. The van der Waals surface area contributed by atoms with Crippen LogP contribution in [0, 0.1) is 0 Å². The van der Waals surface area contributed by atoms with E-state index in [1.807, 2.05) is 13.8 Å². The summed E-state index contributed by atoms with van der Waals surface area (Å²) in [6.07, 6.45) is -0.433. The number of nitrogens with zero attached hydrogens (tertiary/aromatic N) is 3. The van der Waals surface area contributed by atoms with Crippen molar-refractivity contribution >= 4 is 11.7 Å². The third-order valence-corrected chi connectivity index (χ3v) is 4.08. The maximum Gasteiger partial charge on any atom is 0.273 e. The van der Waals surface area contributed by atoms with Crippen molar-refractivity contribution in [1.82, 2.24) is 15.0 Å². The van der Waals surface area contributed by atoms with Crippen LogP contribution in [0.5, 0.6) is 0 Å². The molecule has 0 aromatic carbocycles. The minimum absolute atomic E-state index is 0.0700. The molecule has 10 heteroatoms. The Bertz CT molecular complexity index is 604. The number of nitrogen functional groups attached to an aromatic ring is 1. The lowest BCUT2D eigenvalue weighted by molar-refractivity contribution is -0.171. The molecule has 2 fully saturated rings. The molecule has 2 aliphatic rings. The molecule has 1 aliphatic heterocycles. The molecule has 128 valence electrons. The van der Waals surface area contributed by atoms with E-state index in [0.29, 0.717) is 6.42 Å². The largest absolute Gasteiger partial charge is 0.394 e. The summed E-state index contributed by atoms with van der Waals surface area (Å²) in [6, 6.07) is -0.300. The second-order valence-electron chi connectivity index (χ2n) is 6.13. The number of primary amides is 1. The van der Waals surface area contributed by atoms with Crippen molar-refractivity contribution < 1.29 is 24.1 Å². The van der Waals surface area contributed by atoms with Gasteiger partial charge in [-0.25, -0.2) is 4.68 Å². The van der Waals surface area contributed by atoms with Crippen LogP contribution in [0.2, 0.25) is 0 Å². The third-order valence-electron chi connectivity index (χ3n) is 4.08. The van der Waals surface area contributed by atoms with Gasteiger partial charge in [-0.1, -0.05) is 5.21 Å². The normalized spacial score (nSPS) is 32.1. The average molecular weight is 327 g/mol. The number of amides is 1. The van der Waals surface area contributed by atoms with Crippen molar-refractivity contribution in [3.05, 3.63) is 5.69 Å². The Morgan fingerprint density at radius 1 is 1.48 bits per heavy atom. The summed E-state index contributed by atoms with van der Waals surface area (Å²) in [4.78, 5) is 11.3. The van der Waals surface area contributed by atoms with E-state index in [1.54, 1.807) is 0 Å². The zero-order chi connectivity index (χ0) is 16.8. The summed E-state index contributed by atoms with van der Waals surface area (Å²) < 4.78 is 18.9. The van der Waals surface area contributed by atoms with E-state index in [4.69, 9.17) is 30.8 Å². The molecule has 1 aromatic heterocycles. The van der Waals surface area contributed by atoms with Crippen molar-refractivity contribution in [1.29, 1.82) is 0 Å².